The zero-order valence-corrected chi connectivity index (χ0v) is 16.1. The molecule has 4 aromatic rings. The Bertz CT molecular complexity index is 1020. The highest BCUT2D eigenvalue weighted by Gasteiger charge is 2.16. The lowest BCUT2D eigenvalue weighted by Crippen LogP contribution is -2.26. The molecule has 0 aliphatic carbocycles. The fourth-order valence-electron chi connectivity index (χ4n) is 3.05. The summed E-state index contributed by atoms with van der Waals surface area (Å²) in [6.07, 6.45) is 3.55. The first-order valence-electron chi connectivity index (χ1n) is 8.83. The van der Waals surface area contributed by atoms with Crippen LogP contribution in [0.3, 0.4) is 0 Å². The summed E-state index contributed by atoms with van der Waals surface area (Å²) in [5, 5.41) is 6.70. The summed E-state index contributed by atoms with van der Waals surface area (Å²) < 4.78 is 0. The molecule has 136 valence electrons. The van der Waals surface area contributed by atoms with Crippen molar-refractivity contribution in [2.24, 2.45) is 0 Å². The van der Waals surface area contributed by atoms with Crippen molar-refractivity contribution in [2.45, 2.75) is 6.04 Å². The van der Waals surface area contributed by atoms with Crippen molar-refractivity contribution in [3.8, 4) is 11.4 Å². The van der Waals surface area contributed by atoms with Crippen LogP contribution < -0.4 is 5.32 Å². The predicted octanol–water partition coefficient (Wildman–Crippen LogP) is 4.47. The molecule has 0 bridgehead atoms. The summed E-state index contributed by atoms with van der Waals surface area (Å²) >= 11 is 1.78. The van der Waals surface area contributed by atoms with Crippen molar-refractivity contribution in [3.05, 3.63) is 71.2 Å². The van der Waals surface area contributed by atoms with E-state index in [1.807, 2.05) is 30.3 Å². The summed E-state index contributed by atoms with van der Waals surface area (Å²) in [5.74, 6) is 1.53. The van der Waals surface area contributed by atoms with Crippen LogP contribution in [-0.2, 0) is 0 Å². The molecule has 0 aliphatic rings. The first-order chi connectivity index (χ1) is 13.2. The normalized spacial score (nSPS) is 12.4. The molecule has 0 aliphatic heterocycles. The third kappa shape index (κ3) is 3.82. The number of pyridine rings is 1. The number of anilines is 1. The molecule has 3 heterocycles. The molecule has 1 atom stereocenters. The van der Waals surface area contributed by atoms with Gasteiger partial charge in [0.25, 0.3) is 0 Å². The Kier molecular flexibility index (Phi) is 5.09. The maximum absolute atomic E-state index is 4.81. The minimum atomic E-state index is 0.278. The largest absolute Gasteiger partial charge is 0.367 e. The number of aromatic nitrogens is 3. The maximum Gasteiger partial charge on any atom is 0.163 e. The first kappa shape index (κ1) is 17.6. The topological polar surface area (TPSA) is 53.9 Å². The fraction of sp³-hybridized carbons (Fsp3) is 0.190. The third-order valence-electron chi connectivity index (χ3n) is 4.48. The van der Waals surface area contributed by atoms with Crippen molar-refractivity contribution >= 4 is 28.1 Å². The number of benzene rings is 1. The summed E-state index contributed by atoms with van der Waals surface area (Å²) in [7, 11) is 4.20. The molecule has 1 unspecified atom stereocenters. The summed E-state index contributed by atoms with van der Waals surface area (Å²) in [5.41, 5.74) is 1.83. The Morgan fingerprint density at radius 3 is 2.67 bits per heavy atom. The lowest BCUT2D eigenvalue weighted by Gasteiger charge is -2.24. The van der Waals surface area contributed by atoms with Gasteiger partial charge in [-0.2, -0.15) is 0 Å². The van der Waals surface area contributed by atoms with E-state index in [0.29, 0.717) is 5.82 Å². The predicted molar refractivity (Wildman–Crippen MR) is 112 cm³/mol. The van der Waals surface area contributed by atoms with Gasteiger partial charge in [-0.1, -0.05) is 18.2 Å². The van der Waals surface area contributed by atoms with E-state index >= 15 is 0 Å². The zero-order chi connectivity index (χ0) is 18.6. The number of fused-ring (bicyclic) bond motifs is 1. The van der Waals surface area contributed by atoms with E-state index in [4.69, 9.17) is 9.97 Å². The van der Waals surface area contributed by atoms with Crippen LogP contribution in [0.2, 0.25) is 0 Å². The van der Waals surface area contributed by atoms with Gasteiger partial charge < -0.3 is 10.2 Å². The molecular formula is C21H21N5S. The number of nitrogens with one attached hydrogen (secondary N) is 1. The van der Waals surface area contributed by atoms with Gasteiger partial charge in [-0.15, -0.1) is 11.3 Å². The number of likely N-dealkylation sites (N-methyl/N-ethyl adjacent to an activating group) is 1. The van der Waals surface area contributed by atoms with Crippen LogP contribution in [0.5, 0.6) is 0 Å². The molecule has 27 heavy (non-hydrogen) atoms. The fourth-order valence-corrected chi connectivity index (χ4v) is 3.97. The van der Waals surface area contributed by atoms with E-state index in [-0.39, 0.29) is 6.04 Å². The third-order valence-corrected chi connectivity index (χ3v) is 5.45. The van der Waals surface area contributed by atoms with Crippen LogP contribution >= 0.6 is 11.3 Å². The molecular weight excluding hydrogens is 354 g/mol. The molecule has 6 heteroatoms. The average Bonchev–Trinajstić information content (AvgIpc) is 3.22. The van der Waals surface area contributed by atoms with E-state index in [9.17, 15) is 0 Å². The summed E-state index contributed by atoms with van der Waals surface area (Å²) in [6, 6.07) is 16.5. The molecule has 0 saturated heterocycles. The highest BCUT2D eigenvalue weighted by molar-refractivity contribution is 7.10. The van der Waals surface area contributed by atoms with E-state index in [0.717, 1.165) is 28.8 Å². The number of hydrogen-bond acceptors (Lipinski definition) is 6. The highest BCUT2D eigenvalue weighted by Crippen LogP contribution is 2.27. The van der Waals surface area contributed by atoms with Crippen LogP contribution in [-0.4, -0.2) is 40.5 Å². The minimum absolute atomic E-state index is 0.278. The Balaban J connectivity index is 1.70. The quantitative estimate of drug-likeness (QED) is 0.539. The standard InChI is InChI=1S/C21H21N5S/c1-26(2)18(19-10-6-12-27-19)14-23-21-16-8-3-4-9-17(16)24-20(25-21)15-7-5-11-22-13-15/h3-13,18H,14H2,1-2H3,(H,23,24,25). The molecule has 3 aromatic heterocycles. The van der Waals surface area contributed by atoms with Crippen molar-refractivity contribution in [2.75, 3.05) is 26.0 Å². The monoisotopic (exact) mass is 375 g/mol. The molecule has 0 amide bonds. The smallest absolute Gasteiger partial charge is 0.163 e. The molecule has 0 fully saturated rings. The Morgan fingerprint density at radius 2 is 1.93 bits per heavy atom. The highest BCUT2D eigenvalue weighted by atomic mass is 32.1. The van der Waals surface area contributed by atoms with Crippen molar-refractivity contribution in [1.29, 1.82) is 0 Å². The van der Waals surface area contributed by atoms with Crippen molar-refractivity contribution in [3.63, 3.8) is 0 Å². The Hall–Kier alpha value is -2.83. The van der Waals surface area contributed by atoms with Crippen LogP contribution in [0.15, 0.2) is 66.3 Å². The molecule has 5 nitrogen and oxygen atoms in total. The molecule has 1 N–H and O–H groups in total. The van der Waals surface area contributed by atoms with Crippen molar-refractivity contribution < 1.29 is 0 Å². The van der Waals surface area contributed by atoms with Crippen LogP contribution in [0.4, 0.5) is 5.82 Å². The van der Waals surface area contributed by atoms with Gasteiger partial charge >= 0.3 is 0 Å². The van der Waals surface area contributed by atoms with Crippen molar-refractivity contribution in [1.82, 2.24) is 19.9 Å². The second-order valence-corrected chi connectivity index (χ2v) is 7.51. The van der Waals surface area contributed by atoms with Gasteiger partial charge in [-0.25, -0.2) is 9.97 Å². The lowest BCUT2D eigenvalue weighted by atomic mass is 10.2. The Labute approximate surface area is 162 Å². The number of rotatable bonds is 6. The van der Waals surface area contributed by atoms with Crippen LogP contribution in [0, 0.1) is 0 Å². The SMILES string of the molecule is CN(C)C(CNc1nc(-c2cccnc2)nc2ccccc12)c1cccs1. The van der Waals surface area contributed by atoms with Gasteiger partial charge in [0.1, 0.15) is 5.82 Å². The van der Waals surface area contributed by atoms with E-state index in [1.165, 1.54) is 4.88 Å². The van der Waals surface area contributed by atoms with Gasteiger partial charge in [-0.05, 0) is 49.8 Å². The first-order valence-corrected chi connectivity index (χ1v) is 9.71. The van der Waals surface area contributed by atoms with Gasteiger partial charge in [0.05, 0.1) is 11.6 Å². The second-order valence-electron chi connectivity index (χ2n) is 6.53. The zero-order valence-electron chi connectivity index (χ0n) is 15.3. The molecule has 4 rings (SSSR count). The van der Waals surface area contributed by atoms with E-state index in [1.54, 1.807) is 23.7 Å². The number of hydrogen-bond donors (Lipinski definition) is 1. The van der Waals surface area contributed by atoms with E-state index < -0.39 is 0 Å². The minimum Gasteiger partial charge on any atom is -0.367 e. The molecule has 0 spiro atoms. The number of nitrogens with zero attached hydrogens (tertiary/aromatic N) is 4. The summed E-state index contributed by atoms with van der Waals surface area (Å²) in [4.78, 5) is 17.3. The molecule has 1 aromatic carbocycles. The van der Waals surface area contributed by atoms with E-state index in [2.05, 4.69) is 52.9 Å². The molecule has 0 saturated carbocycles. The second kappa shape index (κ2) is 7.82. The number of para-hydroxylation sites is 1. The maximum atomic E-state index is 4.81. The van der Waals surface area contributed by atoms with Gasteiger partial charge in [0, 0.05) is 34.8 Å². The Morgan fingerprint density at radius 1 is 1.04 bits per heavy atom. The van der Waals surface area contributed by atoms with Gasteiger partial charge in [0.2, 0.25) is 0 Å². The summed E-state index contributed by atoms with van der Waals surface area (Å²) in [6.45, 7) is 0.765. The number of thiophene rings is 1. The molecule has 0 radical (unpaired) electrons. The van der Waals surface area contributed by atoms with Crippen LogP contribution in [0.1, 0.15) is 10.9 Å². The van der Waals surface area contributed by atoms with Crippen LogP contribution in [0.25, 0.3) is 22.3 Å². The van der Waals surface area contributed by atoms with Gasteiger partial charge in [-0.3, -0.25) is 4.98 Å². The van der Waals surface area contributed by atoms with Gasteiger partial charge in [0.15, 0.2) is 5.82 Å². The average molecular weight is 376 g/mol. The lowest BCUT2D eigenvalue weighted by molar-refractivity contribution is 0.316.